The molecule has 21 heavy (non-hydrogen) atoms. The molecule has 116 valence electrons. The van der Waals surface area contributed by atoms with Gasteiger partial charge in [-0.15, -0.1) is 0 Å². The summed E-state index contributed by atoms with van der Waals surface area (Å²) in [6, 6.07) is 2.19. The van der Waals surface area contributed by atoms with Crippen LogP contribution in [0.4, 0.5) is 4.79 Å². The molecular formula is C15H23N3O3. The molecule has 1 aromatic rings. The standard InChI is InChI=1S/C15H23N3O3/c1-11-7-8-16-13(17-11)20-10-12-6-5-9-18(12)14(19)21-15(2,3)4/h7-8,12H,5-6,9-10H2,1-4H3. The highest BCUT2D eigenvalue weighted by atomic mass is 16.6. The zero-order valence-electron chi connectivity index (χ0n) is 13.1. The Labute approximate surface area is 125 Å². The molecule has 1 aliphatic rings. The maximum atomic E-state index is 12.2. The molecule has 2 heterocycles. The van der Waals surface area contributed by atoms with Crippen LogP contribution in [0, 0.1) is 6.92 Å². The monoisotopic (exact) mass is 293 g/mol. The van der Waals surface area contributed by atoms with Crippen LogP contribution in [0.5, 0.6) is 6.01 Å². The molecule has 1 aliphatic heterocycles. The average Bonchev–Trinajstić information content (AvgIpc) is 2.83. The van der Waals surface area contributed by atoms with Crippen LogP contribution in [-0.4, -0.2) is 45.8 Å². The molecule has 1 atom stereocenters. The smallest absolute Gasteiger partial charge is 0.410 e. The summed E-state index contributed by atoms with van der Waals surface area (Å²) in [6.07, 6.45) is 3.25. The topological polar surface area (TPSA) is 64.5 Å². The van der Waals surface area contributed by atoms with E-state index in [9.17, 15) is 4.79 Å². The minimum Gasteiger partial charge on any atom is -0.461 e. The normalized spacial score (nSPS) is 18.7. The Morgan fingerprint density at radius 1 is 1.48 bits per heavy atom. The first-order valence-electron chi connectivity index (χ1n) is 7.27. The zero-order chi connectivity index (χ0) is 15.5. The zero-order valence-corrected chi connectivity index (χ0v) is 13.1. The van der Waals surface area contributed by atoms with Crippen LogP contribution in [0.2, 0.25) is 0 Å². The Hall–Kier alpha value is -1.85. The van der Waals surface area contributed by atoms with Gasteiger partial charge in [0, 0.05) is 18.4 Å². The molecule has 0 aromatic carbocycles. The second-order valence-electron chi connectivity index (χ2n) is 6.26. The molecule has 6 nitrogen and oxygen atoms in total. The number of carbonyl (C=O) groups is 1. The number of aromatic nitrogens is 2. The number of likely N-dealkylation sites (tertiary alicyclic amines) is 1. The van der Waals surface area contributed by atoms with Gasteiger partial charge >= 0.3 is 12.1 Å². The van der Waals surface area contributed by atoms with Crippen LogP contribution in [0.1, 0.15) is 39.3 Å². The van der Waals surface area contributed by atoms with Gasteiger partial charge in [-0.1, -0.05) is 0 Å². The molecule has 1 unspecified atom stereocenters. The number of aryl methyl sites for hydroxylation is 1. The number of nitrogens with zero attached hydrogens (tertiary/aromatic N) is 3. The number of hydrogen-bond acceptors (Lipinski definition) is 5. The lowest BCUT2D eigenvalue weighted by Crippen LogP contribution is -2.42. The van der Waals surface area contributed by atoms with Crippen LogP contribution < -0.4 is 4.74 Å². The molecular weight excluding hydrogens is 270 g/mol. The Balaban J connectivity index is 1.91. The maximum Gasteiger partial charge on any atom is 0.410 e. The van der Waals surface area contributed by atoms with Crippen molar-refractivity contribution in [1.29, 1.82) is 0 Å². The lowest BCUT2D eigenvalue weighted by molar-refractivity contribution is 0.0183. The van der Waals surface area contributed by atoms with E-state index in [1.807, 2.05) is 33.8 Å². The molecule has 0 radical (unpaired) electrons. The Morgan fingerprint density at radius 2 is 2.24 bits per heavy atom. The van der Waals surface area contributed by atoms with Crippen molar-refractivity contribution in [2.45, 2.75) is 52.2 Å². The van der Waals surface area contributed by atoms with E-state index in [-0.39, 0.29) is 12.1 Å². The van der Waals surface area contributed by atoms with Crippen molar-refractivity contribution in [3.63, 3.8) is 0 Å². The van der Waals surface area contributed by atoms with E-state index >= 15 is 0 Å². The highest BCUT2D eigenvalue weighted by molar-refractivity contribution is 5.68. The van der Waals surface area contributed by atoms with Gasteiger partial charge in [0.2, 0.25) is 0 Å². The summed E-state index contributed by atoms with van der Waals surface area (Å²) in [6.45, 7) is 8.59. The van der Waals surface area contributed by atoms with Crippen LogP contribution >= 0.6 is 0 Å². The first kappa shape index (κ1) is 15.5. The van der Waals surface area contributed by atoms with E-state index in [1.54, 1.807) is 11.1 Å². The van der Waals surface area contributed by atoms with Gasteiger partial charge in [-0.25, -0.2) is 14.8 Å². The highest BCUT2D eigenvalue weighted by Gasteiger charge is 2.32. The fourth-order valence-electron chi connectivity index (χ4n) is 2.24. The van der Waals surface area contributed by atoms with Crippen molar-refractivity contribution >= 4 is 6.09 Å². The fraction of sp³-hybridized carbons (Fsp3) is 0.667. The van der Waals surface area contributed by atoms with E-state index in [2.05, 4.69) is 9.97 Å². The molecule has 0 spiro atoms. The average molecular weight is 293 g/mol. The Morgan fingerprint density at radius 3 is 2.90 bits per heavy atom. The second-order valence-corrected chi connectivity index (χ2v) is 6.26. The van der Waals surface area contributed by atoms with Gasteiger partial charge in [0.15, 0.2) is 0 Å². The Kier molecular flexibility index (Phi) is 4.65. The molecule has 0 saturated carbocycles. The lowest BCUT2D eigenvalue weighted by atomic mass is 10.2. The summed E-state index contributed by atoms with van der Waals surface area (Å²) in [5.74, 6) is 0. The third-order valence-electron chi connectivity index (χ3n) is 3.18. The highest BCUT2D eigenvalue weighted by Crippen LogP contribution is 2.21. The first-order valence-corrected chi connectivity index (χ1v) is 7.27. The van der Waals surface area contributed by atoms with E-state index in [1.165, 1.54) is 0 Å². The van der Waals surface area contributed by atoms with Crippen molar-refractivity contribution in [3.8, 4) is 6.01 Å². The molecule has 0 N–H and O–H groups in total. The van der Waals surface area contributed by atoms with E-state index in [0.717, 1.165) is 18.5 Å². The van der Waals surface area contributed by atoms with Gasteiger partial charge in [0.25, 0.3) is 0 Å². The van der Waals surface area contributed by atoms with Crippen molar-refractivity contribution in [2.24, 2.45) is 0 Å². The molecule has 1 fully saturated rings. The fourth-order valence-corrected chi connectivity index (χ4v) is 2.24. The molecule has 1 saturated heterocycles. The van der Waals surface area contributed by atoms with Crippen molar-refractivity contribution in [3.05, 3.63) is 18.0 Å². The lowest BCUT2D eigenvalue weighted by Gasteiger charge is -2.28. The van der Waals surface area contributed by atoms with E-state index < -0.39 is 5.60 Å². The molecule has 1 aromatic heterocycles. The van der Waals surface area contributed by atoms with Gasteiger partial charge in [0.05, 0.1) is 6.04 Å². The van der Waals surface area contributed by atoms with Crippen molar-refractivity contribution < 1.29 is 14.3 Å². The minimum atomic E-state index is -0.481. The number of ether oxygens (including phenoxy) is 2. The van der Waals surface area contributed by atoms with Gasteiger partial charge in [-0.3, -0.25) is 0 Å². The quantitative estimate of drug-likeness (QED) is 0.857. The summed E-state index contributed by atoms with van der Waals surface area (Å²) < 4.78 is 11.0. The third kappa shape index (κ3) is 4.58. The van der Waals surface area contributed by atoms with Gasteiger partial charge in [-0.05, 0) is 46.6 Å². The van der Waals surface area contributed by atoms with E-state index in [0.29, 0.717) is 19.2 Å². The molecule has 2 rings (SSSR count). The van der Waals surface area contributed by atoms with Crippen LogP contribution in [0.3, 0.4) is 0 Å². The molecule has 0 bridgehead atoms. The van der Waals surface area contributed by atoms with Crippen LogP contribution in [0.25, 0.3) is 0 Å². The van der Waals surface area contributed by atoms with Gasteiger partial charge in [0.1, 0.15) is 12.2 Å². The number of carbonyl (C=O) groups excluding carboxylic acids is 1. The molecule has 0 aliphatic carbocycles. The number of amides is 1. The van der Waals surface area contributed by atoms with E-state index in [4.69, 9.17) is 9.47 Å². The van der Waals surface area contributed by atoms with Gasteiger partial charge < -0.3 is 14.4 Å². The van der Waals surface area contributed by atoms with Crippen molar-refractivity contribution in [1.82, 2.24) is 14.9 Å². The van der Waals surface area contributed by atoms with Crippen molar-refractivity contribution in [2.75, 3.05) is 13.2 Å². The first-order chi connectivity index (χ1) is 9.85. The van der Waals surface area contributed by atoms with Gasteiger partial charge in [-0.2, -0.15) is 0 Å². The maximum absolute atomic E-state index is 12.2. The second kappa shape index (κ2) is 6.28. The summed E-state index contributed by atoms with van der Waals surface area (Å²) in [5.41, 5.74) is 0.375. The molecule has 1 amide bonds. The summed E-state index contributed by atoms with van der Waals surface area (Å²) in [5, 5.41) is 0. The largest absolute Gasteiger partial charge is 0.461 e. The molecule has 6 heteroatoms. The SMILES string of the molecule is Cc1ccnc(OCC2CCCN2C(=O)OC(C)(C)C)n1. The summed E-state index contributed by atoms with van der Waals surface area (Å²) >= 11 is 0. The Bertz CT molecular complexity index is 499. The number of rotatable bonds is 3. The van der Waals surface area contributed by atoms with Crippen LogP contribution in [0.15, 0.2) is 12.3 Å². The predicted octanol–water partition coefficient (Wildman–Crippen LogP) is 2.56. The third-order valence-corrected chi connectivity index (χ3v) is 3.18. The predicted molar refractivity (Wildman–Crippen MR) is 78.2 cm³/mol. The summed E-state index contributed by atoms with van der Waals surface area (Å²) in [7, 11) is 0. The minimum absolute atomic E-state index is 0.0176. The number of hydrogen-bond donors (Lipinski definition) is 0. The summed E-state index contributed by atoms with van der Waals surface area (Å²) in [4.78, 5) is 22.1. The van der Waals surface area contributed by atoms with Crippen LogP contribution in [-0.2, 0) is 4.74 Å².